The van der Waals surface area contributed by atoms with Crippen LogP contribution in [0.15, 0.2) is 36.4 Å². The molecule has 0 aliphatic rings. The van der Waals surface area contributed by atoms with E-state index in [2.05, 4.69) is 18.7 Å². The molecular weight excluding hydrogens is 417 g/mol. The first-order valence-electron chi connectivity index (χ1n) is 10.3. The number of hydrogen-bond acceptors (Lipinski definition) is 6. The van der Waals surface area contributed by atoms with Gasteiger partial charge in [-0.2, -0.15) is 0 Å². The van der Waals surface area contributed by atoms with Crippen LogP contribution in [0.25, 0.3) is 10.2 Å². The molecule has 0 saturated heterocycles. The number of likely N-dealkylation sites (N-methyl/N-ethyl adjacent to an activating group) is 1. The average Bonchev–Trinajstić information content (AvgIpc) is 3.22. The van der Waals surface area contributed by atoms with Gasteiger partial charge in [0.1, 0.15) is 22.8 Å². The van der Waals surface area contributed by atoms with Crippen molar-refractivity contribution >= 4 is 32.6 Å². The second-order valence-corrected chi connectivity index (χ2v) is 8.05. The van der Waals surface area contributed by atoms with Gasteiger partial charge in [-0.05, 0) is 55.9 Å². The zero-order valence-corrected chi connectivity index (χ0v) is 19.2. The molecule has 3 rings (SSSR count). The number of hydrogen-bond donors (Lipinski definition) is 0. The lowest BCUT2D eigenvalue weighted by atomic mass is 10.2. The molecule has 1 amide bonds. The minimum atomic E-state index is -0.349. The van der Waals surface area contributed by atoms with Gasteiger partial charge in [-0.1, -0.05) is 31.3 Å². The number of benzene rings is 2. The van der Waals surface area contributed by atoms with E-state index in [1.54, 1.807) is 12.0 Å². The molecule has 0 spiro atoms. The highest BCUT2D eigenvalue weighted by Gasteiger charge is 2.22. The molecule has 3 aromatic rings. The highest BCUT2D eigenvalue weighted by molar-refractivity contribution is 7.22. The number of carbonyl (C=O) groups excluding carboxylic acids is 1. The van der Waals surface area contributed by atoms with E-state index in [0.717, 1.165) is 35.4 Å². The van der Waals surface area contributed by atoms with Crippen molar-refractivity contribution < 1.29 is 18.7 Å². The van der Waals surface area contributed by atoms with E-state index in [9.17, 15) is 9.18 Å². The van der Waals surface area contributed by atoms with E-state index in [4.69, 9.17) is 14.5 Å². The molecule has 31 heavy (non-hydrogen) atoms. The predicted octanol–water partition coefficient (Wildman–Crippen LogP) is 4.51. The van der Waals surface area contributed by atoms with E-state index in [0.29, 0.717) is 23.2 Å². The monoisotopic (exact) mass is 445 g/mol. The molecule has 0 saturated carbocycles. The Morgan fingerprint density at radius 1 is 1.10 bits per heavy atom. The molecule has 0 unspecified atom stereocenters. The maximum absolute atomic E-state index is 13.1. The third kappa shape index (κ3) is 5.51. The van der Waals surface area contributed by atoms with Crippen molar-refractivity contribution in [1.29, 1.82) is 0 Å². The number of anilines is 1. The Balaban J connectivity index is 1.86. The molecule has 0 aliphatic heterocycles. The van der Waals surface area contributed by atoms with Crippen LogP contribution < -0.4 is 14.4 Å². The highest BCUT2D eigenvalue weighted by atomic mass is 32.1. The van der Waals surface area contributed by atoms with Crippen LogP contribution in [0.5, 0.6) is 11.5 Å². The third-order valence-corrected chi connectivity index (χ3v) is 6.37. The van der Waals surface area contributed by atoms with Crippen molar-refractivity contribution in [2.24, 2.45) is 0 Å². The standard InChI is InChI=1S/C23H28FN3O3S/c1-5-26(6-2)13-14-27(20(28)15-30-18-10-8-17(24)9-11-18)23-25-21-19(29-4)12-7-16(3)22(21)31-23/h7-12H,5-6,13-15H2,1-4H3. The Morgan fingerprint density at radius 3 is 2.45 bits per heavy atom. The smallest absolute Gasteiger partial charge is 0.266 e. The Morgan fingerprint density at radius 2 is 1.81 bits per heavy atom. The zero-order valence-electron chi connectivity index (χ0n) is 18.4. The molecule has 0 radical (unpaired) electrons. The molecule has 166 valence electrons. The van der Waals surface area contributed by atoms with E-state index < -0.39 is 0 Å². The summed E-state index contributed by atoms with van der Waals surface area (Å²) in [5, 5.41) is 0.613. The summed E-state index contributed by atoms with van der Waals surface area (Å²) in [6, 6.07) is 9.51. The molecule has 6 nitrogen and oxygen atoms in total. The lowest BCUT2D eigenvalue weighted by molar-refractivity contribution is -0.120. The molecule has 0 N–H and O–H groups in total. The fourth-order valence-electron chi connectivity index (χ4n) is 3.24. The number of halogens is 1. The van der Waals surface area contributed by atoms with Crippen LogP contribution >= 0.6 is 11.3 Å². The summed E-state index contributed by atoms with van der Waals surface area (Å²) in [5.41, 5.74) is 1.83. The average molecular weight is 446 g/mol. The number of carbonyl (C=O) groups is 1. The molecule has 2 aromatic carbocycles. The minimum Gasteiger partial charge on any atom is -0.494 e. The lowest BCUT2D eigenvalue weighted by Crippen LogP contribution is -2.41. The van der Waals surface area contributed by atoms with Gasteiger partial charge >= 0.3 is 0 Å². The van der Waals surface area contributed by atoms with Crippen molar-refractivity contribution in [3.05, 3.63) is 47.8 Å². The predicted molar refractivity (Wildman–Crippen MR) is 123 cm³/mol. The van der Waals surface area contributed by atoms with Crippen LogP contribution in [0.2, 0.25) is 0 Å². The van der Waals surface area contributed by atoms with Gasteiger partial charge in [0.25, 0.3) is 5.91 Å². The molecule has 0 aliphatic carbocycles. The van der Waals surface area contributed by atoms with Gasteiger partial charge in [-0.15, -0.1) is 0 Å². The Kier molecular flexibility index (Phi) is 7.81. The molecule has 1 heterocycles. The summed E-state index contributed by atoms with van der Waals surface area (Å²) in [6.45, 7) is 9.07. The highest BCUT2D eigenvalue weighted by Crippen LogP contribution is 2.36. The molecule has 0 fully saturated rings. The van der Waals surface area contributed by atoms with Crippen LogP contribution in [0.1, 0.15) is 19.4 Å². The third-order valence-electron chi connectivity index (χ3n) is 5.15. The summed E-state index contributed by atoms with van der Waals surface area (Å²) < 4.78 is 25.2. The normalized spacial score (nSPS) is 11.2. The van der Waals surface area contributed by atoms with Crippen LogP contribution in [0.3, 0.4) is 0 Å². The van der Waals surface area contributed by atoms with Gasteiger partial charge in [0.2, 0.25) is 0 Å². The first-order valence-corrected chi connectivity index (χ1v) is 11.1. The van der Waals surface area contributed by atoms with E-state index in [1.807, 2.05) is 19.1 Å². The number of aromatic nitrogens is 1. The summed E-state index contributed by atoms with van der Waals surface area (Å²) in [5.74, 6) is 0.576. The molecule has 1 aromatic heterocycles. The largest absolute Gasteiger partial charge is 0.494 e. The number of fused-ring (bicyclic) bond motifs is 1. The van der Waals surface area contributed by atoms with Gasteiger partial charge < -0.3 is 14.4 Å². The molecule has 0 bridgehead atoms. The first kappa shape index (κ1) is 23.0. The van der Waals surface area contributed by atoms with Crippen molar-refractivity contribution in [3.63, 3.8) is 0 Å². The molecule has 8 heteroatoms. The number of aryl methyl sites for hydroxylation is 1. The lowest BCUT2D eigenvalue weighted by Gasteiger charge is -2.24. The maximum Gasteiger partial charge on any atom is 0.266 e. The summed E-state index contributed by atoms with van der Waals surface area (Å²) >= 11 is 1.47. The number of thiazole rings is 1. The number of rotatable bonds is 10. The molecular formula is C23H28FN3O3S. The summed E-state index contributed by atoms with van der Waals surface area (Å²) in [4.78, 5) is 21.8. The van der Waals surface area contributed by atoms with Gasteiger partial charge in [-0.25, -0.2) is 9.37 Å². The van der Waals surface area contributed by atoms with Crippen molar-refractivity contribution in [3.8, 4) is 11.5 Å². The maximum atomic E-state index is 13.1. The quantitative estimate of drug-likeness (QED) is 0.460. The van der Waals surface area contributed by atoms with Crippen LogP contribution in [0.4, 0.5) is 9.52 Å². The number of ether oxygens (including phenoxy) is 2. The van der Waals surface area contributed by atoms with E-state index in [1.165, 1.54) is 35.6 Å². The Bertz CT molecular complexity index is 1020. The Labute approximate surface area is 186 Å². The van der Waals surface area contributed by atoms with E-state index >= 15 is 0 Å². The number of methoxy groups -OCH3 is 1. The second kappa shape index (κ2) is 10.5. The van der Waals surface area contributed by atoms with Gasteiger partial charge in [0, 0.05) is 13.1 Å². The second-order valence-electron chi connectivity index (χ2n) is 7.07. The number of nitrogens with zero attached hydrogens (tertiary/aromatic N) is 3. The SMILES string of the molecule is CCN(CC)CCN(C(=O)COc1ccc(F)cc1)c1nc2c(OC)ccc(C)c2s1. The van der Waals surface area contributed by atoms with Gasteiger partial charge in [0.15, 0.2) is 11.7 Å². The van der Waals surface area contributed by atoms with Gasteiger partial charge in [0.05, 0.1) is 11.8 Å². The molecule has 0 atom stereocenters. The summed E-state index contributed by atoms with van der Waals surface area (Å²) in [6.07, 6.45) is 0. The first-order chi connectivity index (χ1) is 15.0. The topological polar surface area (TPSA) is 54.9 Å². The Hall–Kier alpha value is -2.71. The number of amides is 1. The van der Waals surface area contributed by atoms with Gasteiger partial charge in [-0.3, -0.25) is 9.69 Å². The van der Waals surface area contributed by atoms with Crippen molar-refractivity contribution in [2.45, 2.75) is 20.8 Å². The minimum absolute atomic E-state index is 0.157. The van der Waals surface area contributed by atoms with Crippen molar-refractivity contribution in [1.82, 2.24) is 9.88 Å². The van der Waals surface area contributed by atoms with Crippen LogP contribution in [0, 0.1) is 12.7 Å². The van der Waals surface area contributed by atoms with Crippen LogP contribution in [-0.4, -0.2) is 55.7 Å². The fraction of sp³-hybridized carbons (Fsp3) is 0.391. The summed E-state index contributed by atoms with van der Waals surface area (Å²) in [7, 11) is 1.61. The fourth-order valence-corrected chi connectivity index (χ4v) is 4.34. The zero-order chi connectivity index (χ0) is 22.4. The van der Waals surface area contributed by atoms with Crippen LogP contribution in [-0.2, 0) is 4.79 Å². The van der Waals surface area contributed by atoms with Crippen molar-refractivity contribution in [2.75, 3.05) is 44.8 Å². The van der Waals surface area contributed by atoms with E-state index in [-0.39, 0.29) is 18.3 Å².